The Bertz CT molecular complexity index is 1160. The maximum absolute atomic E-state index is 13.0. The number of nitrogens with zero attached hydrogens (tertiary/aromatic N) is 6. The first kappa shape index (κ1) is 20.8. The molecule has 0 aliphatic carbocycles. The first-order chi connectivity index (χ1) is 14.9. The van der Waals surface area contributed by atoms with Gasteiger partial charge in [-0.2, -0.15) is 5.10 Å². The Kier molecular flexibility index (Phi) is 5.62. The molecule has 164 valence electrons. The molecule has 1 aliphatic rings. The third kappa shape index (κ3) is 3.97. The highest BCUT2D eigenvalue weighted by Gasteiger charge is 2.26. The lowest BCUT2D eigenvalue weighted by Crippen LogP contribution is -2.51. The number of amides is 1. The van der Waals surface area contributed by atoms with Crippen LogP contribution in [0.1, 0.15) is 12.6 Å². The van der Waals surface area contributed by atoms with E-state index in [2.05, 4.69) is 5.10 Å². The standard InChI is InChI=1S/C21H25FN6O3/c1-4-28-20(30)19-18(14(2)24-25(19)3)23-21(28)27-11-9-26(10-12-27)17(29)13-31-16-7-5-15(22)6-8-16/h5-8H,4,9-13H2,1-3H3. The van der Waals surface area contributed by atoms with Gasteiger partial charge in [0.05, 0.1) is 5.69 Å². The molecule has 1 saturated heterocycles. The van der Waals surface area contributed by atoms with E-state index in [0.717, 1.165) is 0 Å². The highest BCUT2D eigenvalue weighted by atomic mass is 19.1. The zero-order valence-corrected chi connectivity index (χ0v) is 17.8. The summed E-state index contributed by atoms with van der Waals surface area (Å²) in [7, 11) is 1.75. The number of carbonyl (C=O) groups is 1. The van der Waals surface area contributed by atoms with Gasteiger partial charge in [-0.25, -0.2) is 9.37 Å². The summed E-state index contributed by atoms with van der Waals surface area (Å²) >= 11 is 0. The van der Waals surface area contributed by atoms with Crippen molar-refractivity contribution in [3.63, 3.8) is 0 Å². The van der Waals surface area contributed by atoms with Crippen LogP contribution < -0.4 is 15.2 Å². The van der Waals surface area contributed by atoms with Gasteiger partial charge in [-0.1, -0.05) is 0 Å². The molecular weight excluding hydrogens is 403 g/mol. The molecule has 3 heterocycles. The summed E-state index contributed by atoms with van der Waals surface area (Å²) < 4.78 is 21.7. The minimum atomic E-state index is -0.353. The van der Waals surface area contributed by atoms with Crippen molar-refractivity contribution in [2.45, 2.75) is 20.4 Å². The van der Waals surface area contributed by atoms with E-state index in [1.54, 1.807) is 21.2 Å². The number of fused-ring (bicyclic) bond motifs is 1. The van der Waals surface area contributed by atoms with Gasteiger partial charge < -0.3 is 14.5 Å². The second kappa shape index (κ2) is 8.37. The lowest BCUT2D eigenvalue weighted by Gasteiger charge is -2.36. The van der Waals surface area contributed by atoms with Crippen molar-refractivity contribution in [1.29, 1.82) is 0 Å². The second-order valence-electron chi connectivity index (χ2n) is 7.48. The van der Waals surface area contributed by atoms with Gasteiger partial charge >= 0.3 is 0 Å². The fourth-order valence-electron chi connectivity index (χ4n) is 3.85. The van der Waals surface area contributed by atoms with Crippen LogP contribution in [0.25, 0.3) is 11.0 Å². The smallest absolute Gasteiger partial charge is 0.281 e. The largest absolute Gasteiger partial charge is 0.484 e. The van der Waals surface area contributed by atoms with Crippen LogP contribution in [0.2, 0.25) is 0 Å². The maximum Gasteiger partial charge on any atom is 0.281 e. The predicted molar refractivity (Wildman–Crippen MR) is 114 cm³/mol. The Morgan fingerprint density at radius 2 is 1.84 bits per heavy atom. The van der Waals surface area contributed by atoms with Crippen LogP contribution in [-0.4, -0.2) is 62.9 Å². The number of halogens is 1. The maximum atomic E-state index is 13.0. The molecule has 1 aromatic carbocycles. The third-order valence-electron chi connectivity index (χ3n) is 5.50. The molecule has 1 aliphatic heterocycles. The number of carbonyl (C=O) groups excluding carboxylic acids is 1. The Balaban J connectivity index is 1.45. The first-order valence-corrected chi connectivity index (χ1v) is 10.2. The normalized spacial score (nSPS) is 14.3. The zero-order chi connectivity index (χ0) is 22.1. The summed E-state index contributed by atoms with van der Waals surface area (Å²) in [5, 5.41) is 4.33. The molecule has 9 nitrogen and oxygen atoms in total. The van der Waals surface area contributed by atoms with E-state index in [4.69, 9.17) is 9.72 Å². The minimum Gasteiger partial charge on any atom is -0.484 e. The van der Waals surface area contributed by atoms with Crippen LogP contribution >= 0.6 is 0 Å². The Hall–Kier alpha value is -3.43. The fourth-order valence-corrected chi connectivity index (χ4v) is 3.85. The molecule has 0 unspecified atom stereocenters. The summed E-state index contributed by atoms with van der Waals surface area (Å²) in [6.07, 6.45) is 0. The van der Waals surface area contributed by atoms with Crippen molar-refractivity contribution in [3.8, 4) is 5.75 Å². The van der Waals surface area contributed by atoms with Gasteiger partial charge in [0.25, 0.3) is 11.5 Å². The summed E-state index contributed by atoms with van der Waals surface area (Å²) in [6, 6.07) is 5.57. The predicted octanol–water partition coefficient (Wildman–Crippen LogP) is 1.33. The van der Waals surface area contributed by atoms with Crippen molar-refractivity contribution < 1.29 is 13.9 Å². The van der Waals surface area contributed by atoms with Crippen LogP contribution in [0.3, 0.4) is 0 Å². The Morgan fingerprint density at radius 1 is 1.16 bits per heavy atom. The van der Waals surface area contributed by atoms with Crippen molar-refractivity contribution in [3.05, 3.63) is 46.1 Å². The van der Waals surface area contributed by atoms with Crippen molar-refractivity contribution in [2.24, 2.45) is 7.05 Å². The fraction of sp³-hybridized carbons (Fsp3) is 0.429. The molecule has 0 atom stereocenters. The quantitative estimate of drug-likeness (QED) is 0.610. The molecule has 31 heavy (non-hydrogen) atoms. The highest BCUT2D eigenvalue weighted by Crippen LogP contribution is 2.19. The number of aromatic nitrogens is 4. The van der Waals surface area contributed by atoms with Gasteiger partial charge in [0.15, 0.2) is 12.1 Å². The number of benzene rings is 1. The monoisotopic (exact) mass is 428 g/mol. The number of piperazine rings is 1. The lowest BCUT2D eigenvalue weighted by molar-refractivity contribution is -0.133. The number of ether oxygens (including phenoxy) is 1. The van der Waals surface area contributed by atoms with Crippen LogP contribution in [0.5, 0.6) is 5.75 Å². The van der Waals surface area contributed by atoms with E-state index < -0.39 is 0 Å². The molecular formula is C21H25FN6O3. The van der Waals surface area contributed by atoms with Crippen molar-refractivity contribution in [2.75, 3.05) is 37.7 Å². The Labute approximate surface area is 178 Å². The van der Waals surface area contributed by atoms with E-state index in [9.17, 15) is 14.0 Å². The molecule has 0 spiro atoms. The van der Waals surface area contributed by atoms with Crippen LogP contribution in [-0.2, 0) is 18.4 Å². The highest BCUT2D eigenvalue weighted by molar-refractivity contribution is 5.79. The SMILES string of the molecule is CCn1c(N2CCN(C(=O)COc3ccc(F)cc3)CC2)nc2c(C)nn(C)c2c1=O. The minimum absolute atomic E-state index is 0.107. The number of hydrogen-bond donors (Lipinski definition) is 0. The van der Waals surface area contributed by atoms with Crippen LogP contribution in [0.15, 0.2) is 29.1 Å². The number of hydrogen-bond acceptors (Lipinski definition) is 6. The molecule has 2 aromatic heterocycles. The molecule has 0 bridgehead atoms. The molecule has 0 radical (unpaired) electrons. The molecule has 4 rings (SSSR count). The summed E-state index contributed by atoms with van der Waals surface area (Å²) in [5.41, 5.74) is 1.70. The second-order valence-corrected chi connectivity index (χ2v) is 7.48. The van der Waals surface area contributed by atoms with E-state index in [1.165, 1.54) is 24.3 Å². The number of aryl methyl sites for hydroxylation is 2. The van der Waals surface area contributed by atoms with E-state index >= 15 is 0 Å². The van der Waals surface area contributed by atoms with Gasteiger partial charge in [-0.15, -0.1) is 0 Å². The van der Waals surface area contributed by atoms with Gasteiger partial charge in [0.2, 0.25) is 5.95 Å². The van der Waals surface area contributed by atoms with E-state index in [1.807, 2.05) is 18.7 Å². The van der Waals surface area contributed by atoms with E-state index in [-0.39, 0.29) is 23.9 Å². The summed E-state index contributed by atoms with van der Waals surface area (Å²) in [4.78, 5) is 34.0. The van der Waals surface area contributed by atoms with Crippen LogP contribution in [0, 0.1) is 12.7 Å². The third-order valence-corrected chi connectivity index (χ3v) is 5.50. The summed E-state index contributed by atoms with van der Waals surface area (Å²) in [5.74, 6) is 0.562. The topological polar surface area (TPSA) is 85.5 Å². The summed E-state index contributed by atoms with van der Waals surface area (Å²) in [6.45, 7) is 6.24. The van der Waals surface area contributed by atoms with E-state index in [0.29, 0.717) is 61.1 Å². The molecule has 10 heteroatoms. The first-order valence-electron chi connectivity index (χ1n) is 10.2. The van der Waals surface area contributed by atoms with Crippen molar-refractivity contribution in [1.82, 2.24) is 24.2 Å². The molecule has 1 amide bonds. The Morgan fingerprint density at radius 3 is 2.48 bits per heavy atom. The van der Waals surface area contributed by atoms with Crippen LogP contribution in [0.4, 0.5) is 10.3 Å². The van der Waals surface area contributed by atoms with Crippen molar-refractivity contribution >= 4 is 22.9 Å². The van der Waals surface area contributed by atoms with Gasteiger partial charge in [0, 0.05) is 39.8 Å². The zero-order valence-electron chi connectivity index (χ0n) is 17.8. The number of anilines is 1. The average Bonchev–Trinajstić information content (AvgIpc) is 3.06. The molecule has 0 N–H and O–H groups in total. The lowest BCUT2D eigenvalue weighted by atomic mass is 10.3. The van der Waals surface area contributed by atoms with Gasteiger partial charge in [0.1, 0.15) is 17.1 Å². The molecule has 0 saturated carbocycles. The molecule has 3 aromatic rings. The number of rotatable bonds is 5. The van der Waals surface area contributed by atoms with Gasteiger partial charge in [-0.3, -0.25) is 18.8 Å². The molecule has 1 fully saturated rings. The van der Waals surface area contributed by atoms with Gasteiger partial charge in [-0.05, 0) is 38.1 Å². The average molecular weight is 428 g/mol.